The number of amides is 1. The van der Waals surface area contributed by atoms with E-state index in [2.05, 4.69) is 20.3 Å². The van der Waals surface area contributed by atoms with Gasteiger partial charge in [0.25, 0.3) is 0 Å². The zero-order valence-corrected chi connectivity index (χ0v) is 12.5. The average molecular weight is 300 g/mol. The third-order valence-corrected chi connectivity index (χ3v) is 2.49. The number of aromatic nitrogens is 3. The van der Waals surface area contributed by atoms with E-state index in [1.165, 1.54) is 24.9 Å². The van der Waals surface area contributed by atoms with Crippen molar-refractivity contribution in [2.45, 2.75) is 26.4 Å². The predicted molar refractivity (Wildman–Crippen MR) is 79.6 cm³/mol. The summed E-state index contributed by atoms with van der Waals surface area (Å²) < 4.78 is 5.16. The molecule has 0 aliphatic carbocycles. The van der Waals surface area contributed by atoms with E-state index in [1.54, 1.807) is 32.9 Å². The first-order chi connectivity index (χ1) is 10.4. The van der Waals surface area contributed by atoms with Crippen LogP contribution < -0.4 is 5.32 Å². The molecule has 0 atom stereocenters. The number of pyridine rings is 1. The minimum Gasteiger partial charge on any atom is -0.444 e. The van der Waals surface area contributed by atoms with Crippen molar-refractivity contribution in [3.63, 3.8) is 0 Å². The van der Waals surface area contributed by atoms with Gasteiger partial charge in [-0.2, -0.15) is 0 Å². The molecule has 2 aromatic rings. The zero-order chi connectivity index (χ0) is 16.2. The number of hydrogen-bond acceptors (Lipinski definition) is 6. The number of carbonyl (C=O) groups excluding carboxylic acids is 2. The van der Waals surface area contributed by atoms with Crippen LogP contribution in [-0.4, -0.2) is 32.4 Å². The minimum absolute atomic E-state index is 0.130. The molecule has 7 nitrogen and oxygen atoms in total. The highest BCUT2D eigenvalue weighted by molar-refractivity contribution is 6.12. The lowest BCUT2D eigenvalue weighted by Crippen LogP contribution is -2.28. The Morgan fingerprint density at radius 3 is 2.50 bits per heavy atom. The number of ether oxygens (including phenoxy) is 1. The van der Waals surface area contributed by atoms with Crippen molar-refractivity contribution in [3.8, 4) is 0 Å². The molecular weight excluding hydrogens is 284 g/mol. The van der Waals surface area contributed by atoms with E-state index in [4.69, 9.17) is 4.74 Å². The van der Waals surface area contributed by atoms with Crippen LogP contribution in [0.1, 0.15) is 36.7 Å². The molecule has 22 heavy (non-hydrogen) atoms. The van der Waals surface area contributed by atoms with Crippen LogP contribution in [0, 0.1) is 0 Å². The smallest absolute Gasteiger partial charge is 0.413 e. The van der Waals surface area contributed by atoms with Gasteiger partial charge in [-0.3, -0.25) is 10.1 Å². The van der Waals surface area contributed by atoms with Gasteiger partial charge in [0.15, 0.2) is 5.78 Å². The fraction of sp³-hybridized carbons (Fsp3) is 0.267. The van der Waals surface area contributed by atoms with Crippen LogP contribution in [0.25, 0.3) is 0 Å². The SMILES string of the molecule is CC(C)(C)OC(=O)Nc1ncccc1C(=O)c1cncnc1. The number of rotatable bonds is 3. The van der Waals surface area contributed by atoms with Gasteiger partial charge in [-0.1, -0.05) is 0 Å². The van der Waals surface area contributed by atoms with Crippen molar-refractivity contribution < 1.29 is 14.3 Å². The maximum absolute atomic E-state index is 12.4. The van der Waals surface area contributed by atoms with Crippen LogP contribution in [-0.2, 0) is 4.74 Å². The van der Waals surface area contributed by atoms with Crippen LogP contribution in [0.2, 0.25) is 0 Å². The Kier molecular flexibility index (Phi) is 4.45. The van der Waals surface area contributed by atoms with E-state index in [1.807, 2.05) is 0 Å². The number of ketones is 1. The van der Waals surface area contributed by atoms with Crippen molar-refractivity contribution in [1.29, 1.82) is 0 Å². The van der Waals surface area contributed by atoms with E-state index in [-0.39, 0.29) is 17.2 Å². The van der Waals surface area contributed by atoms with Crippen LogP contribution in [0.3, 0.4) is 0 Å². The standard InChI is InChI=1S/C15H16N4O3/c1-15(2,3)22-14(21)19-13-11(5-4-6-18-13)12(20)10-7-16-9-17-8-10/h4-9H,1-3H3,(H,18,19,21). The molecule has 0 fully saturated rings. The van der Waals surface area contributed by atoms with Crippen molar-refractivity contribution in [2.24, 2.45) is 0 Å². The van der Waals surface area contributed by atoms with Gasteiger partial charge in [-0.25, -0.2) is 19.7 Å². The molecular formula is C15H16N4O3. The number of hydrogen-bond donors (Lipinski definition) is 1. The second-order valence-electron chi connectivity index (χ2n) is 5.48. The van der Waals surface area contributed by atoms with Crippen molar-refractivity contribution in [1.82, 2.24) is 15.0 Å². The average Bonchev–Trinajstić information content (AvgIpc) is 2.46. The topological polar surface area (TPSA) is 94.1 Å². The third-order valence-electron chi connectivity index (χ3n) is 2.49. The van der Waals surface area contributed by atoms with Crippen LogP contribution in [0.5, 0.6) is 0 Å². The summed E-state index contributed by atoms with van der Waals surface area (Å²) in [6.45, 7) is 5.25. The summed E-state index contributed by atoms with van der Waals surface area (Å²) in [5.74, 6) is -0.203. The summed E-state index contributed by atoms with van der Waals surface area (Å²) in [7, 11) is 0. The van der Waals surface area contributed by atoms with Gasteiger partial charge in [0, 0.05) is 18.6 Å². The molecule has 0 unspecified atom stereocenters. The van der Waals surface area contributed by atoms with Crippen molar-refractivity contribution in [3.05, 3.63) is 48.2 Å². The fourth-order valence-electron chi connectivity index (χ4n) is 1.66. The van der Waals surface area contributed by atoms with Gasteiger partial charge in [0.1, 0.15) is 17.7 Å². The first-order valence-corrected chi connectivity index (χ1v) is 6.61. The first kappa shape index (κ1) is 15.6. The summed E-state index contributed by atoms with van der Waals surface area (Å²) in [5, 5.41) is 2.48. The summed E-state index contributed by atoms with van der Waals surface area (Å²) in [4.78, 5) is 35.9. The Balaban J connectivity index is 2.24. The number of carbonyl (C=O) groups is 2. The molecule has 114 valence electrons. The molecule has 0 radical (unpaired) electrons. The van der Waals surface area contributed by atoms with E-state index >= 15 is 0 Å². The van der Waals surface area contributed by atoms with Gasteiger partial charge in [-0.05, 0) is 32.9 Å². The molecule has 0 aromatic carbocycles. The Labute approximate surface area is 127 Å². The number of anilines is 1. The molecule has 7 heteroatoms. The van der Waals surface area contributed by atoms with Crippen LogP contribution >= 0.6 is 0 Å². The highest BCUT2D eigenvalue weighted by Crippen LogP contribution is 2.17. The molecule has 0 bridgehead atoms. The molecule has 2 rings (SSSR count). The maximum Gasteiger partial charge on any atom is 0.413 e. The van der Waals surface area contributed by atoms with Gasteiger partial charge in [0.05, 0.1) is 11.1 Å². The van der Waals surface area contributed by atoms with Gasteiger partial charge in [-0.15, -0.1) is 0 Å². The molecule has 0 spiro atoms. The molecule has 0 aliphatic heterocycles. The van der Waals surface area contributed by atoms with Gasteiger partial charge < -0.3 is 4.74 Å². The Bertz CT molecular complexity index is 681. The molecule has 1 N–H and O–H groups in total. The van der Waals surface area contributed by atoms with Gasteiger partial charge >= 0.3 is 6.09 Å². The quantitative estimate of drug-likeness (QED) is 0.875. The third kappa shape index (κ3) is 4.08. The van der Waals surface area contributed by atoms with Crippen molar-refractivity contribution >= 4 is 17.7 Å². The molecule has 0 saturated carbocycles. The van der Waals surface area contributed by atoms with Crippen molar-refractivity contribution in [2.75, 3.05) is 5.32 Å². The summed E-state index contributed by atoms with van der Waals surface area (Å²) >= 11 is 0. The molecule has 2 heterocycles. The lowest BCUT2D eigenvalue weighted by molar-refractivity contribution is 0.0635. The highest BCUT2D eigenvalue weighted by atomic mass is 16.6. The Hall–Kier alpha value is -2.83. The van der Waals surface area contributed by atoms with E-state index in [9.17, 15) is 9.59 Å². The second-order valence-corrected chi connectivity index (χ2v) is 5.48. The first-order valence-electron chi connectivity index (χ1n) is 6.61. The van der Waals surface area contributed by atoms with E-state index < -0.39 is 11.7 Å². The largest absolute Gasteiger partial charge is 0.444 e. The van der Waals surface area contributed by atoms with E-state index in [0.29, 0.717) is 5.56 Å². The fourth-order valence-corrected chi connectivity index (χ4v) is 1.66. The minimum atomic E-state index is -0.676. The van der Waals surface area contributed by atoms with E-state index in [0.717, 1.165) is 0 Å². The Morgan fingerprint density at radius 1 is 1.18 bits per heavy atom. The molecule has 0 saturated heterocycles. The second kappa shape index (κ2) is 6.30. The molecule has 2 aromatic heterocycles. The van der Waals surface area contributed by atoms with Gasteiger partial charge in [0.2, 0.25) is 0 Å². The Morgan fingerprint density at radius 2 is 1.86 bits per heavy atom. The summed E-state index contributed by atoms with van der Waals surface area (Å²) in [6.07, 6.45) is 4.94. The normalized spacial score (nSPS) is 10.9. The summed E-state index contributed by atoms with van der Waals surface area (Å²) in [6, 6.07) is 3.17. The maximum atomic E-state index is 12.4. The predicted octanol–water partition coefficient (Wildman–Crippen LogP) is 2.45. The van der Waals surface area contributed by atoms with Crippen LogP contribution in [0.15, 0.2) is 37.1 Å². The number of nitrogens with one attached hydrogen (secondary N) is 1. The number of nitrogens with zero attached hydrogens (tertiary/aromatic N) is 3. The van der Waals surface area contributed by atoms with Crippen LogP contribution in [0.4, 0.5) is 10.6 Å². The molecule has 1 amide bonds. The highest BCUT2D eigenvalue weighted by Gasteiger charge is 2.20. The zero-order valence-electron chi connectivity index (χ0n) is 12.5. The molecule has 0 aliphatic rings. The lowest BCUT2D eigenvalue weighted by Gasteiger charge is -2.19. The lowest BCUT2D eigenvalue weighted by atomic mass is 10.1. The monoisotopic (exact) mass is 300 g/mol. The summed E-state index contributed by atoms with van der Waals surface area (Å²) in [5.41, 5.74) is -0.0954.